The summed E-state index contributed by atoms with van der Waals surface area (Å²) in [6, 6.07) is 8.13. The maximum Gasteiger partial charge on any atom is 0.234 e. The van der Waals surface area contributed by atoms with Gasteiger partial charge in [-0.3, -0.25) is 0 Å². The summed E-state index contributed by atoms with van der Waals surface area (Å²) in [6.07, 6.45) is 0.917. The standard InChI is InChI=1S/C14H14N6S/c1-3-13-18-20-12(16-17-14(20)21-13)8-19-9(2)15-10-6-4-5-7-11(10)19/h4-7H,3,8H2,1-2H3. The number of para-hydroxylation sites is 2. The largest absolute Gasteiger partial charge is 0.320 e. The summed E-state index contributed by atoms with van der Waals surface area (Å²) in [7, 11) is 0. The second-order valence-electron chi connectivity index (χ2n) is 4.89. The minimum absolute atomic E-state index is 0.625. The first-order valence-electron chi connectivity index (χ1n) is 6.88. The van der Waals surface area contributed by atoms with Gasteiger partial charge in [0.15, 0.2) is 5.82 Å². The Bertz CT molecular complexity index is 932. The first-order chi connectivity index (χ1) is 10.3. The van der Waals surface area contributed by atoms with E-state index in [0.29, 0.717) is 6.54 Å². The third-order valence-electron chi connectivity index (χ3n) is 3.54. The van der Waals surface area contributed by atoms with Crippen LogP contribution >= 0.6 is 11.3 Å². The number of imidazole rings is 1. The average molecular weight is 298 g/mol. The molecule has 0 N–H and O–H groups in total. The second kappa shape index (κ2) is 4.63. The molecule has 0 atom stereocenters. The molecule has 4 aromatic rings. The van der Waals surface area contributed by atoms with Gasteiger partial charge in [-0.25, -0.2) is 4.98 Å². The Kier molecular flexibility index (Phi) is 2.75. The van der Waals surface area contributed by atoms with Crippen molar-refractivity contribution >= 4 is 27.3 Å². The predicted molar refractivity (Wildman–Crippen MR) is 81.6 cm³/mol. The van der Waals surface area contributed by atoms with Gasteiger partial charge in [-0.2, -0.15) is 9.61 Å². The minimum atomic E-state index is 0.625. The van der Waals surface area contributed by atoms with E-state index < -0.39 is 0 Å². The Morgan fingerprint density at radius 2 is 2.05 bits per heavy atom. The molecule has 0 saturated carbocycles. The first-order valence-corrected chi connectivity index (χ1v) is 7.69. The van der Waals surface area contributed by atoms with Crippen LogP contribution in [0.15, 0.2) is 24.3 Å². The van der Waals surface area contributed by atoms with Gasteiger partial charge in [-0.1, -0.05) is 30.4 Å². The van der Waals surface area contributed by atoms with Crippen LogP contribution in [0.4, 0.5) is 0 Å². The summed E-state index contributed by atoms with van der Waals surface area (Å²) in [5.74, 6) is 1.81. The van der Waals surface area contributed by atoms with E-state index in [1.54, 1.807) is 11.3 Å². The number of fused-ring (bicyclic) bond motifs is 2. The highest BCUT2D eigenvalue weighted by Gasteiger charge is 2.14. The molecule has 0 saturated heterocycles. The van der Waals surface area contributed by atoms with Crippen LogP contribution in [0.2, 0.25) is 0 Å². The fourth-order valence-electron chi connectivity index (χ4n) is 2.48. The van der Waals surface area contributed by atoms with E-state index in [1.165, 1.54) is 0 Å². The summed E-state index contributed by atoms with van der Waals surface area (Å²) in [5, 5.41) is 14.1. The van der Waals surface area contributed by atoms with Gasteiger partial charge in [0, 0.05) is 0 Å². The van der Waals surface area contributed by atoms with Crippen LogP contribution < -0.4 is 0 Å². The van der Waals surface area contributed by atoms with Crippen molar-refractivity contribution in [3.63, 3.8) is 0 Å². The van der Waals surface area contributed by atoms with Gasteiger partial charge in [-0.15, -0.1) is 10.2 Å². The highest BCUT2D eigenvalue weighted by molar-refractivity contribution is 7.16. The highest BCUT2D eigenvalue weighted by atomic mass is 32.1. The Morgan fingerprint density at radius 1 is 1.19 bits per heavy atom. The van der Waals surface area contributed by atoms with Gasteiger partial charge in [0.05, 0.1) is 17.6 Å². The van der Waals surface area contributed by atoms with E-state index in [-0.39, 0.29) is 0 Å². The summed E-state index contributed by atoms with van der Waals surface area (Å²) < 4.78 is 3.99. The smallest absolute Gasteiger partial charge is 0.234 e. The van der Waals surface area contributed by atoms with Gasteiger partial charge < -0.3 is 4.57 Å². The molecular formula is C14H14N6S. The lowest BCUT2D eigenvalue weighted by Gasteiger charge is -2.04. The SMILES string of the molecule is CCc1nn2c(Cn3c(C)nc4ccccc43)nnc2s1. The zero-order valence-electron chi connectivity index (χ0n) is 11.8. The molecule has 4 rings (SSSR count). The van der Waals surface area contributed by atoms with Crippen LogP contribution in [0, 0.1) is 6.92 Å². The number of rotatable bonds is 3. The van der Waals surface area contributed by atoms with Crippen molar-refractivity contribution in [3.05, 3.63) is 40.9 Å². The Hall–Kier alpha value is -2.28. The number of nitrogens with zero attached hydrogens (tertiary/aromatic N) is 6. The predicted octanol–water partition coefficient (Wildman–Crippen LogP) is 2.45. The molecule has 21 heavy (non-hydrogen) atoms. The van der Waals surface area contributed by atoms with Crippen molar-refractivity contribution < 1.29 is 0 Å². The van der Waals surface area contributed by atoms with Crippen molar-refractivity contribution in [2.45, 2.75) is 26.8 Å². The highest BCUT2D eigenvalue weighted by Crippen LogP contribution is 2.19. The summed E-state index contributed by atoms with van der Waals surface area (Å²) in [6.45, 7) is 4.73. The van der Waals surface area contributed by atoms with Gasteiger partial charge in [0.2, 0.25) is 4.96 Å². The summed E-state index contributed by atoms with van der Waals surface area (Å²) in [4.78, 5) is 5.43. The van der Waals surface area contributed by atoms with E-state index >= 15 is 0 Å². The zero-order valence-corrected chi connectivity index (χ0v) is 12.6. The van der Waals surface area contributed by atoms with Crippen LogP contribution in [0.3, 0.4) is 0 Å². The normalized spacial score (nSPS) is 11.7. The Balaban J connectivity index is 1.82. The van der Waals surface area contributed by atoms with Gasteiger partial charge in [0.25, 0.3) is 0 Å². The van der Waals surface area contributed by atoms with E-state index in [1.807, 2.05) is 29.6 Å². The fourth-order valence-corrected chi connectivity index (χ4v) is 3.27. The molecule has 3 heterocycles. The zero-order chi connectivity index (χ0) is 14.4. The molecule has 0 aliphatic heterocycles. The molecule has 0 spiro atoms. The van der Waals surface area contributed by atoms with E-state index in [9.17, 15) is 0 Å². The first kappa shape index (κ1) is 12.5. The van der Waals surface area contributed by atoms with Crippen molar-refractivity contribution in [3.8, 4) is 0 Å². The topological polar surface area (TPSA) is 60.9 Å². The monoisotopic (exact) mass is 298 g/mol. The second-order valence-corrected chi connectivity index (χ2v) is 5.93. The van der Waals surface area contributed by atoms with Crippen molar-refractivity contribution in [1.82, 2.24) is 29.4 Å². The molecule has 7 heteroatoms. The van der Waals surface area contributed by atoms with Gasteiger partial charge in [0.1, 0.15) is 10.8 Å². The van der Waals surface area contributed by atoms with E-state index in [4.69, 9.17) is 0 Å². The van der Waals surface area contributed by atoms with Crippen LogP contribution in [0.5, 0.6) is 0 Å². The average Bonchev–Trinajstić information content (AvgIpc) is 3.14. The Labute approximate surface area is 125 Å². The number of hydrogen-bond donors (Lipinski definition) is 0. The van der Waals surface area contributed by atoms with Crippen LogP contribution in [-0.4, -0.2) is 29.4 Å². The van der Waals surface area contributed by atoms with Crippen molar-refractivity contribution in [2.24, 2.45) is 0 Å². The lowest BCUT2D eigenvalue weighted by Crippen LogP contribution is -2.06. The molecule has 106 valence electrons. The number of benzene rings is 1. The number of hydrogen-bond acceptors (Lipinski definition) is 5. The molecule has 0 aliphatic carbocycles. The maximum absolute atomic E-state index is 4.58. The quantitative estimate of drug-likeness (QED) is 0.583. The van der Waals surface area contributed by atoms with E-state index in [0.717, 1.165) is 39.1 Å². The molecule has 0 aliphatic rings. The number of aryl methyl sites for hydroxylation is 2. The molecular weight excluding hydrogens is 284 g/mol. The van der Waals surface area contributed by atoms with Gasteiger partial charge >= 0.3 is 0 Å². The molecule has 6 nitrogen and oxygen atoms in total. The summed E-state index contributed by atoms with van der Waals surface area (Å²) >= 11 is 1.59. The third-order valence-corrected chi connectivity index (χ3v) is 4.59. The molecule has 0 fully saturated rings. The molecule has 0 unspecified atom stereocenters. The third kappa shape index (κ3) is 1.92. The van der Waals surface area contributed by atoms with Crippen LogP contribution in [0.25, 0.3) is 16.0 Å². The Morgan fingerprint density at radius 3 is 2.90 bits per heavy atom. The maximum atomic E-state index is 4.58. The lowest BCUT2D eigenvalue weighted by molar-refractivity contribution is 0.702. The molecule has 0 amide bonds. The summed E-state index contributed by atoms with van der Waals surface area (Å²) in [5.41, 5.74) is 2.11. The van der Waals surface area contributed by atoms with Crippen LogP contribution in [0.1, 0.15) is 23.6 Å². The van der Waals surface area contributed by atoms with Gasteiger partial charge in [-0.05, 0) is 25.5 Å². The lowest BCUT2D eigenvalue weighted by atomic mass is 10.3. The van der Waals surface area contributed by atoms with Crippen LogP contribution in [-0.2, 0) is 13.0 Å². The van der Waals surface area contributed by atoms with E-state index in [2.05, 4.69) is 37.8 Å². The molecule has 1 aromatic carbocycles. The van der Waals surface area contributed by atoms with Crippen molar-refractivity contribution in [1.29, 1.82) is 0 Å². The molecule has 3 aromatic heterocycles. The number of aromatic nitrogens is 6. The molecule has 0 bridgehead atoms. The van der Waals surface area contributed by atoms with Crippen molar-refractivity contribution in [2.75, 3.05) is 0 Å². The molecule has 0 radical (unpaired) electrons. The fraction of sp³-hybridized carbons (Fsp3) is 0.286. The minimum Gasteiger partial charge on any atom is -0.320 e.